The summed E-state index contributed by atoms with van der Waals surface area (Å²) in [6.45, 7) is 3.71. The highest BCUT2D eigenvalue weighted by atomic mass is 16.4. The second kappa shape index (κ2) is 10.0. The van der Waals surface area contributed by atoms with E-state index in [2.05, 4.69) is 10.6 Å². The van der Waals surface area contributed by atoms with E-state index in [1.54, 1.807) is 0 Å². The number of hydrogen-bond donors (Lipinski definition) is 8. The standard InChI is InChI=1S/C6H12O7.C4H10N2/c7-1-2(8)3(9)4(10)5(11)6(12)13;1-2-6-4-3-5-1/h2-5,7-11H,1H2,(H,12,13);5-6H,1-4H2/t2-,3-,4+,5-;/m1./s1. The fourth-order valence-electron chi connectivity index (χ4n) is 1.27. The van der Waals surface area contributed by atoms with Gasteiger partial charge in [0.2, 0.25) is 0 Å². The van der Waals surface area contributed by atoms with Crippen molar-refractivity contribution in [3.05, 3.63) is 0 Å². The summed E-state index contributed by atoms with van der Waals surface area (Å²) in [6, 6.07) is 0. The molecule has 9 nitrogen and oxygen atoms in total. The van der Waals surface area contributed by atoms with E-state index in [-0.39, 0.29) is 0 Å². The molecule has 1 heterocycles. The maximum Gasteiger partial charge on any atom is 0.335 e. The first-order valence-electron chi connectivity index (χ1n) is 5.89. The number of carboxylic acids is 1. The Morgan fingerprint density at radius 1 is 0.947 bits per heavy atom. The van der Waals surface area contributed by atoms with Crippen LogP contribution in [0.2, 0.25) is 0 Å². The predicted molar refractivity (Wildman–Crippen MR) is 64.5 cm³/mol. The molecular weight excluding hydrogens is 260 g/mol. The third kappa shape index (κ3) is 7.38. The average molecular weight is 282 g/mol. The Kier molecular flexibility index (Phi) is 9.61. The van der Waals surface area contributed by atoms with E-state index in [0.717, 1.165) is 26.2 Å². The van der Waals surface area contributed by atoms with Crippen molar-refractivity contribution in [3.8, 4) is 0 Å². The third-order valence-corrected chi connectivity index (χ3v) is 2.46. The van der Waals surface area contributed by atoms with E-state index in [4.69, 9.17) is 30.6 Å². The Bertz CT molecular complexity index is 239. The van der Waals surface area contributed by atoms with Crippen LogP contribution in [0.4, 0.5) is 0 Å². The number of piperazine rings is 1. The first-order valence-corrected chi connectivity index (χ1v) is 5.89. The average Bonchev–Trinajstić information content (AvgIpc) is 2.46. The highest BCUT2D eigenvalue weighted by molar-refractivity contribution is 5.72. The molecule has 0 amide bonds. The van der Waals surface area contributed by atoms with Crippen molar-refractivity contribution < 1.29 is 35.4 Å². The summed E-state index contributed by atoms with van der Waals surface area (Å²) in [7, 11) is 0. The SMILES string of the molecule is C1CNCCN1.O=C(O)[C@H](O)[C@@H](O)[C@H](O)[C@H](O)CO. The molecule has 1 aliphatic heterocycles. The molecule has 19 heavy (non-hydrogen) atoms. The van der Waals surface area contributed by atoms with Crippen LogP contribution in [-0.4, -0.2) is 93.8 Å². The molecular formula is C10H22N2O7. The van der Waals surface area contributed by atoms with Gasteiger partial charge in [0, 0.05) is 26.2 Å². The van der Waals surface area contributed by atoms with E-state index in [1.807, 2.05) is 0 Å². The second-order valence-electron chi connectivity index (χ2n) is 4.01. The topological polar surface area (TPSA) is 163 Å². The van der Waals surface area contributed by atoms with Crippen molar-refractivity contribution in [1.82, 2.24) is 10.6 Å². The Morgan fingerprint density at radius 2 is 1.37 bits per heavy atom. The number of nitrogens with one attached hydrogen (secondary N) is 2. The van der Waals surface area contributed by atoms with E-state index < -0.39 is 37.0 Å². The summed E-state index contributed by atoms with van der Waals surface area (Å²) in [5, 5.41) is 58.3. The molecule has 0 aromatic heterocycles. The number of hydrogen-bond acceptors (Lipinski definition) is 8. The van der Waals surface area contributed by atoms with Gasteiger partial charge in [0.05, 0.1) is 6.61 Å². The highest BCUT2D eigenvalue weighted by Gasteiger charge is 2.33. The summed E-state index contributed by atoms with van der Waals surface area (Å²) in [6.07, 6.45) is -7.84. The lowest BCUT2D eigenvalue weighted by Gasteiger charge is -2.23. The van der Waals surface area contributed by atoms with Crippen LogP contribution in [0.3, 0.4) is 0 Å². The fourth-order valence-corrected chi connectivity index (χ4v) is 1.27. The molecule has 0 saturated carbocycles. The number of rotatable bonds is 5. The van der Waals surface area contributed by atoms with Crippen molar-refractivity contribution in [2.45, 2.75) is 24.4 Å². The largest absolute Gasteiger partial charge is 0.479 e. The molecule has 1 rings (SSSR count). The van der Waals surface area contributed by atoms with E-state index in [0.29, 0.717) is 0 Å². The smallest absolute Gasteiger partial charge is 0.335 e. The van der Waals surface area contributed by atoms with Gasteiger partial charge < -0.3 is 41.3 Å². The van der Waals surface area contributed by atoms with Gasteiger partial charge in [-0.2, -0.15) is 0 Å². The van der Waals surface area contributed by atoms with Gasteiger partial charge in [-0.3, -0.25) is 0 Å². The van der Waals surface area contributed by atoms with Crippen LogP contribution in [0, 0.1) is 0 Å². The van der Waals surface area contributed by atoms with Crippen molar-refractivity contribution in [2.75, 3.05) is 32.8 Å². The van der Waals surface area contributed by atoms with Gasteiger partial charge in [-0.15, -0.1) is 0 Å². The fraction of sp³-hybridized carbons (Fsp3) is 0.900. The molecule has 0 bridgehead atoms. The minimum atomic E-state index is -2.20. The summed E-state index contributed by atoms with van der Waals surface area (Å²) >= 11 is 0. The molecule has 1 aliphatic rings. The maximum atomic E-state index is 10.1. The molecule has 8 N–H and O–H groups in total. The van der Waals surface area contributed by atoms with Crippen LogP contribution in [0.1, 0.15) is 0 Å². The molecule has 0 aromatic carbocycles. The maximum absolute atomic E-state index is 10.1. The van der Waals surface area contributed by atoms with Gasteiger partial charge in [-0.25, -0.2) is 4.79 Å². The normalized spacial score (nSPS) is 21.5. The zero-order valence-electron chi connectivity index (χ0n) is 10.4. The van der Waals surface area contributed by atoms with Crippen LogP contribution in [0.15, 0.2) is 0 Å². The van der Waals surface area contributed by atoms with Crippen molar-refractivity contribution >= 4 is 5.97 Å². The number of carboxylic acid groups (broad SMARTS) is 1. The summed E-state index contributed by atoms with van der Waals surface area (Å²) in [5.74, 6) is -1.73. The molecule has 0 unspecified atom stereocenters. The van der Waals surface area contributed by atoms with Gasteiger partial charge in [0.15, 0.2) is 6.10 Å². The first-order chi connectivity index (χ1) is 8.91. The molecule has 9 heteroatoms. The lowest BCUT2D eigenvalue weighted by atomic mass is 10.0. The van der Waals surface area contributed by atoms with E-state index in [1.165, 1.54) is 0 Å². The molecule has 0 aliphatic carbocycles. The van der Waals surface area contributed by atoms with Gasteiger partial charge in [0.1, 0.15) is 18.3 Å². The van der Waals surface area contributed by atoms with E-state index >= 15 is 0 Å². The predicted octanol–water partition coefficient (Wildman–Crippen LogP) is -4.31. The molecule has 114 valence electrons. The Balaban J connectivity index is 0.000000443. The lowest BCUT2D eigenvalue weighted by Crippen LogP contribution is -2.48. The van der Waals surface area contributed by atoms with Crippen LogP contribution in [0.25, 0.3) is 0 Å². The van der Waals surface area contributed by atoms with Crippen LogP contribution in [-0.2, 0) is 4.79 Å². The Morgan fingerprint density at radius 3 is 1.63 bits per heavy atom. The summed E-state index contributed by atoms with van der Waals surface area (Å²) in [4.78, 5) is 10.1. The van der Waals surface area contributed by atoms with Gasteiger partial charge in [-0.1, -0.05) is 0 Å². The molecule has 0 aromatic rings. The molecule has 1 fully saturated rings. The van der Waals surface area contributed by atoms with Crippen LogP contribution >= 0.6 is 0 Å². The molecule has 1 saturated heterocycles. The minimum Gasteiger partial charge on any atom is -0.479 e. The zero-order valence-corrected chi connectivity index (χ0v) is 10.4. The Labute approximate surface area is 110 Å². The number of carbonyl (C=O) groups is 1. The van der Waals surface area contributed by atoms with Gasteiger partial charge in [-0.05, 0) is 0 Å². The minimum absolute atomic E-state index is 0.843. The number of aliphatic hydroxyl groups is 5. The molecule has 0 spiro atoms. The van der Waals surface area contributed by atoms with E-state index in [9.17, 15) is 4.79 Å². The number of aliphatic hydroxyl groups excluding tert-OH is 5. The van der Waals surface area contributed by atoms with Crippen molar-refractivity contribution in [1.29, 1.82) is 0 Å². The van der Waals surface area contributed by atoms with Gasteiger partial charge in [0.25, 0.3) is 0 Å². The highest BCUT2D eigenvalue weighted by Crippen LogP contribution is 2.04. The van der Waals surface area contributed by atoms with Crippen LogP contribution in [0.5, 0.6) is 0 Å². The zero-order chi connectivity index (χ0) is 14.8. The van der Waals surface area contributed by atoms with Crippen molar-refractivity contribution in [3.63, 3.8) is 0 Å². The quantitative estimate of drug-likeness (QED) is 0.249. The second-order valence-corrected chi connectivity index (χ2v) is 4.01. The molecule has 4 atom stereocenters. The molecule has 0 radical (unpaired) electrons. The summed E-state index contributed by atoms with van der Waals surface area (Å²) in [5.41, 5.74) is 0. The van der Waals surface area contributed by atoms with Gasteiger partial charge >= 0.3 is 5.97 Å². The lowest BCUT2D eigenvalue weighted by molar-refractivity contribution is -0.164. The van der Waals surface area contributed by atoms with Crippen molar-refractivity contribution in [2.24, 2.45) is 0 Å². The number of aliphatic carboxylic acids is 1. The summed E-state index contributed by atoms with van der Waals surface area (Å²) < 4.78 is 0. The Hall–Kier alpha value is -0.810. The first kappa shape index (κ1) is 18.2. The van der Waals surface area contributed by atoms with Crippen LogP contribution < -0.4 is 10.6 Å². The third-order valence-electron chi connectivity index (χ3n) is 2.46. The monoisotopic (exact) mass is 282 g/mol.